The number of rotatable bonds is 6. The van der Waals surface area contributed by atoms with E-state index >= 15 is 0 Å². The number of thiazole rings is 1. The van der Waals surface area contributed by atoms with Crippen molar-refractivity contribution in [3.8, 4) is 0 Å². The summed E-state index contributed by atoms with van der Waals surface area (Å²) < 4.78 is 2.06. The number of hydrogen-bond donors (Lipinski definition) is 1. The number of hydrogen-bond acceptors (Lipinski definition) is 5. The number of amides is 1. The van der Waals surface area contributed by atoms with Crippen molar-refractivity contribution in [3.05, 3.63) is 78.9 Å². The summed E-state index contributed by atoms with van der Waals surface area (Å²) >= 11 is 4.73. The lowest BCUT2D eigenvalue weighted by molar-refractivity contribution is -0.113. The Morgan fingerprint density at radius 3 is 2.52 bits per heavy atom. The lowest BCUT2D eigenvalue weighted by Gasteiger charge is -2.10. The van der Waals surface area contributed by atoms with Crippen LogP contribution in [0.1, 0.15) is 0 Å². The Morgan fingerprint density at radius 2 is 1.67 bits per heavy atom. The molecule has 27 heavy (non-hydrogen) atoms. The first kappa shape index (κ1) is 18.1. The van der Waals surface area contributed by atoms with Crippen LogP contribution in [0, 0.1) is 0 Å². The van der Waals surface area contributed by atoms with Crippen molar-refractivity contribution in [1.29, 1.82) is 0 Å². The van der Waals surface area contributed by atoms with Crippen molar-refractivity contribution in [3.63, 3.8) is 0 Å². The maximum Gasteiger partial charge on any atom is 0.234 e. The van der Waals surface area contributed by atoms with Crippen LogP contribution in [0.5, 0.6) is 0 Å². The van der Waals surface area contributed by atoms with Crippen LogP contribution in [-0.2, 0) is 4.79 Å². The minimum atomic E-state index is -0.0274. The molecule has 1 amide bonds. The van der Waals surface area contributed by atoms with Gasteiger partial charge in [-0.1, -0.05) is 66.0 Å². The number of carbonyl (C=O) groups excluding carboxylic acids is 1. The van der Waals surface area contributed by atoms with Crippen LogP contribution in [0.4, 0.5) is 5.69 Å². The summed E-state index contributed by atoms with van der Waals surface area (Å²) in [6.07, 6.45) is 0. The second-order valence-electron chi connectivity index (χ2n) is 5.70. The van der Waals surface area contributed by atoms with E-state index in [4.69, 9.17) is 0 Å². The molecule has 0 atom stereocenters. The van der Waals surface area contributed by atoms with Gasteiger partial charge in [-0.15, -0.1) is 11.3 Å². The molecule has 6 heteroatoms. The Labute approximate surface area is 170 Å². The molecule has 0 aliphatic carbocycles. The molecule has 0 saturated carbocycles. The van der Waals surface area contributed by atoms with Crippen LogP contribution in [0.15, 0.2) is 93.0 Å². The summed E-state index contributed by atoms with van der Waals surface area (Å²) in [5, 5.41) is 3.03. The van der Waals surface area contributed by atoms with E-state index in [0.29, 0.717) is 5.75 Å². The third-order valence-corrected chi connectivity index (χ3v) is 7.00. The highest BCUT2D eigenvalue weighted by molar-refractivity contribution is 8.01. The van der Waals surface area contributed by atoms with E-state index < -0.39 is 0 Å². The van der Waals surface area contributed by atoms with Gasteiger partial charge in [0.25, 0.3) is 0 Å². The molecule has 0 fully saturated rings. The summed E-state index contributed by atoms with van der Waals surface area (Å²) in [4.78, 5) is 19.2. The highest BCUT2D eigenvalue weighted by Gasteiger charge is 2.10. The normalized spacial score (nSPS) is 10.8. The molecule has 4 aromatic rings. The predicted octanol–water partition coefficient (Wildman–Crippen LogP) is 6.18. The van der Waals surface area contributed by atoms with Crippen LogP contribution in [0.25, 0.3) is 10.2 Å². The van der Waals surface area contributed by atoms with Crippen molar-refractivity contribution in [2.45, 2.75) is 14.1 Å². The molecule has 4 rings (SSSR count). The van der Waals surface area contributed by atoms with Gasteiger partial charge in [0.1, 0.15) is 0 Å². The van der Waals surface area contributed by atoms with E-state index in [1.165, 1.54) is 11.8 Å². The lowest BCUT2D eigenvalue weighted by Crippen LogP contribution is -2.14. The summed E-state index contributed by atoms with van der Waals surface area (Å²) in [5.41, 5.74) is 1.82. The number of thioether (sulfide) groups is 1. The Kier molecular flexibility index (Phi) is 5.77. The fourth-order valence-corrected chi connectivity index (χ4v) is 5.29. The molecule has 1 N–H and O–H groups in total. The Hall–Kier alpha value is -2.28. The minimum Gasteiger partial charge on any atom is -0.324 e. The van der Waals surface area contributed by atoms with Gasteiger partial charge in [0.15, 0.2) is 4.34 Å². The first-order valence-corrected chi connectivity index (χ1v) is 11.0. The third kappa shape index (κ3) is 4.71. The van der Waals surface area contributed by atoms with Crippen LogP contribution >= 0.6 is 34.9 Å². The van der Waals surface area contributed by atoms with Crippen LogP contribution < -0.4 is 5.32 Å². The van der Waals surface area contributed by atoms with Crippen molar-refractivity contribution in [2.24, 2.45) is 0 Å². The third-order valence-electron chi connectivity index (χ3n) is 3.73. The van der Waals surface area contributed by atoms with E-state index in [-0.39, 0.29) is 5.91 Å². The van der Waals surface area contributed by atoms with Gasteiger partial charge in [-0.2, -0.15) is 0 Å². The first-order chi connectivity index (χ1) is 13.3. The SMILES string of the molecule is O=C(CSc1nc2ccccc2s1)Nc1ccccc1Sc1ccccc1. The average molecular weight is 409 g/mol. The van der Waals surface area contributed by atoms with Crippen molar-refractivity contribution in [1.82, 2.24) is 4.98 Å². The first-order valence-electron chi connectivity index (χ1n) is 8.38. The van der Waals surface area contributed by atoms with Gasteiger partial charge in [0.2, 0.25) is 5.91 Å². The molecule has 0 aliphatic heterocycles. The van der Waals surface area contributed by atoms with E-state index in [9.17, 15) is 4.79 Å². The molecule has 1 heterocycles. The molecule has 0 aliphatic rings. The summed E-state index contributed by atoms with van der Waals surface area (Å²) in [5.74, 6) is 0.310. The number of para-hydroxylation sites is 2. The largest absolute Gasteiger partial charge is 0.324 e. The molecular weight excluding hydrogens is 392 g/mol. The van der Waals surface area contributed by atoms with Crippen LogP contribution in [0.2, 0.25) is 0 Å². The molecule has 134 valence electrons. The molecule has 0 spiro atoms. The predicted molar refractivity (Wildman–Crippen MR) is 116 cm³/mol. The smallest absolute Gasteiger partial charge is 0.234 e. The monoisotopic (exact) mass is 408 g/mol. The van der Waals surface area contributed by atoms with Crippen LogP contribution in [0.3, 0.4) is 0 Å². The Bertz CT molecular complexity index is 1030. The van der Waals surface area contributed by atoms with Gasteiger partial charge in [-0.25, -0.2) is 4.98 Å². The molecule has 0 bridgehead atoms. The molecule has 0 radical (unpaired) electrons. The van der Waals surface area contributed by atoms with Gasteiger partial charge in [-0.3, -0.25) is 4.79 Å². The molecule has 3 aromatic carbocycles. The van der Waals surface area contributed by atoms with Crippen molar-refractivity contribution < 1.29 is 4.79 Å². The molecule has 0 unspecified atom stereocenters. The number of fused-ring (bicyclic) bond motifs is 1. The summed E-state index contributed by atoms with van der Waals surface area (Å²) in [6, 6.07) is 26.0. The van der Waals surface area contributed by atoms with Gasteiger partial charge >= 0.3 is 0 Å². The van der Waals surface area contributed by atoms with Crippen molar-refractivity contribution in [2.75, 3.05) is 11.1 Å². The zero-order valence-corrected chi connectivity index (χ0v) is 16.7. The Balaban J connectivity index is 1.40. The second-order valence-corrected chi connectivity index (χ2v) is 9.06. The maximum absolute atomic E-state index is 12.4. The lowest BCUT2D eigenvalue weighted by atomic mass is 10.3. The number of anilines is 1. The van der Waals surface area contributed by atoms with E-state index in [2.05, 4.69) is 22.4 Å². The number of benzene rings is 3. The quantitative estimate of drug-likeness (QED) is 0.387. The molecule has 1 aromatic heterocycles. The van der Waals surface area contributed by atoms with Gasteiger partial charge in [0.05, 0.1) is 21.7 Å². The number of nitrogens with one attached hydrogen (secondary N) is 1. The van der Waals surface area contributed by atoms with E-state index in [0.717, 1.165) is 30.0 Å². The molecule has 3 nitrogen and oxygen atoms in total. The second kappa shape index (κ2) is 8.61. The average Bonchev–Trinajstić information content (AvgIpc) is 3.12. The van der Waals surface area contributed by atoms with Gasteiger partial charge < -0.3 is 5.32 Å². The zero-order valence-electron chi connectivity index (χ0n) is 14.3. The summed E-state index contributed by atoms with van der Waals surface area (Å²) in [6.45, 7) is 0. The number of nitrogens with zero attached hydrogens (tertiary/aromatic N) is 1. The number of aromatic nitrogens is 1. The van der Waals surface area contributed by atoms with Gasteiger partial charge in [0, 0.05) is 9.79 Å². The molecule has 0 saturated heterocycles. The Morgan fingerprint density at radius 1 is 0.926 bits per heavy atom. The van der Waals surface area contributed by atoms with Crippen molar-refractivity contribution >= 4 is 56.7 Å². The maximum atomic E-state index is 12.4. The molecular formula is C21H16N2OS3. The van der Waals surface area contributed by atoms with Crippen LogP contribution in [-0.4, -0.2) is 16.6 Å². The fraction of sp³-hybridized carbons (Fsp3) is 0.0476. The summed E-state index contributed by atoms with van der Waals surface area (Å²) in [7, 11) is 0. The fourth-order valence-electron chi connectivity index (χ4n) is 2.50. The topological polar surface area (TPSA) is 42.0 Å². The standard InChI is InChI=1S/C21H16N2OS3/c24-20(14-25-21-23-17-11-5-7-13-19(17)27-21)22-16-10-4-6-12-18(16)26-15-8-2-1-3-9-15/h1-13H,14H2,(H,22,24). The van der Waals surface area contributed by atoms with Gasteiger partial charge in [-0.05, 0) is 36.4 Å². The highest BCUT2D eigenvalue weighted by Crippen LogP contribution is 2.34. The van der Waals surface area contributed by atoms with E-state index in [1.807, 2.05) is 66.7 Å². The minimum absolute atomic E-state index is 0.0274. The van der Waals surface area contributed by atoms with E-state index in [1.54, 1.807) is 23.1 Å². The zero-order chi connectivity index (χ0) is 18.5. The number of carbonyl (C=O) groups is 1. The highest BCUT2D eigenvalue weighted by atomic mass is 32.2.